The summed E-state index contributed by atoms with van der Waals surface area (Å²) in [4.78, 5) is 9.59. The van der Waals surface area contributed by atoms with Crippen LogP contribution in [-0.4, -0.2) is 15.9 Å². The van der Waals surface area contributed by atoms with Gasteiger partial charge in [0.05, 0.1) is 21.2 Å². The quantitative estimate of drug-likeness (QED) is 0.713. The SMILES string of the molecule is ClC1=Nc2nc3ccccc3c(Cl)c2SC1. The summed E-state index contributed by atoms with van der Waals surface area (Å²) >= 11 is 13.8. The summed E-state index contributed by atoms with van der Waals surface area (Å²) in [5.41, 5.74) is 0.849. The first kappa shape index (κ1) is 10.4. The summed E-state index contributed by atoms with van der Waals surface area (Å²) in [6.45, 7) is 0. The maximum Gasteiger partial charge on any atom is 0.169 e. The van der Waals surface area contributed by atoms with Crippen LogP contribution in [0.3, 0.4) is 0 Å². The fraction of sp³-hybridized carbons (Fsp3) is 0.0909. The molecule has 0 saturated heterocycles. The highest BCUT2D eigenvalue weighted by atomic mass is 35.5. The number of aromatic nitrogens is 1. The second kappa shape index (κ2) is 3.91. The Morgan fingerprint density at radius 1 is 1.19 bits per heavy atom. The Balaban J connectivity index is 2.38. The van der Waals surface area contributed by atoms with Crippen LogP contribution in [-0.2, 0) is 0 Å². The van der Waals surface area contributed by atoms with Crippen LogP contribution >= 0.6 is 35.0 Å². The number of aliphatic imine (C=N–C) groups is 1. The average molecular weight is 269 g/mol. The normalized spacial score (nSPS) is 14.8. The Hall–Kier alpha value is -0.770. The number of hydrogen-bond acceptors (Lipinski definition) is 3. The molecule has 80 valence electrons. The third-order valence-corrected chi connectivity index (χ3v) is 4.31. The highest BCUT2D eigenvalue weighted by molar-refractivity contribution is 8.00. The van der Waals surface area contributed by atoms with Crippen molar-refractivity contribution in [1.29, 1.82) is 0 Å². The van der Waals surface area contributed by atoms with Gasteiger partial charge in [-0.15, -0.1) is 11.8 Å². The predicted molar refractivity (Wildman–Crippen MR) is 70.4 cm³/mol. The molecule has 0 saturated carbocycles. The molecule has 16 heavy (non-hydrogen) atoms. The largest absolute Gasteiger partial charge is 0.227 e. The maximum absolute atomic E-state index is 6.33. The zero-order valence-electron chi connectivity index (χ0n) is 8.08. The lowest BCUT2D eigenvalue weighted by molar-refractivity contribution is 1.24. The van der Waals surface area contributed by atoms with Crippen LogP contribution in [0, 0.1) is 0 Å². The van der Waals surface area contributed by atoms with Crippen LogP contribution in [0.5, 0.6) is 0 Å². The van der Waals surface area contributed by atoms with Crippen molar-refractivity contribution in [3.05, 3.63) is 29.3 Å². The number of para-hydroxylation sites is 1. The first-order chi connectivity index (χ1) is 7.75. The van der Waals surface area contributed by atoms with Crippen molar-refractivity contribution in [3.63, 3.8) is 0 Å². The molecule has 1 aliphatic heterocycles. The topological polar surface area (TPSA) is 25.2 Å². The first-order valence-corrected chi connectivity index (χ1v) is 6.44. The van der Waals surface area contributed by atoms with Crippen molar-refractivity contribution >= 4 is 56.9 Å². The lowest BCUT2D eigenvalue weighted by Crippen LogP contribution is -1.99. The lowest BCUT2D eigenvalue weighted by atomic mass is 10.2. The van der Waals surface area contributed by atoms with Gasteiger partial charge in [0, 0.05) is 5.39 Å². The molecule has 2 nitrogen and oxygen atoms in total. The Bertz CT molecular complexity index is 610. The van der Waals surface area contributed by atoms with E-state index >= 15 is 0 Å². The van der Waals surface area contributed by atoms with E-state index in [0.717, 1.165) is 20.8 Å². The molecule has 0 aliphatic carbocycles. The molecule has 0 unspecified atom stereocenters. The third kappa shape index (κ3) is 1.59. The number of thioether (sulfide) groups is 1. The molecule has 1 aromatic carbocycles. The van der Waals surface area contributed by atoms with Gasteiger partial charge in [0.15, 0.2) is 5.82 Å². The molecular formula is C11H6Cl2N2S. The van der Waals surface area contributed by atoms with Crippen molar-refractivity contribution in [2.75, 3.05) is 5.75 Å². The summed E-state index contributed by atoms with van der Waals surface area (Å²) in [5.74, 6) is 1.29. The summed E-state index contributed by atoms with van der Waals surface area (Å²) in [6, 6.07) is 7.76. The minimum Gasteiger partial charge on any atom is -0.227 e. The minimum atomic E-state index is 0.566. The van der Waals surface area contributed by atoms with E-state index in [1.165, 1.54) is 0 Å². The van der Waals surface area contributed by atoms with Crippen LogP contribution in [0.15, 0.2) is 34.2 Å². The molecule has 0 fully saturated rings. The number of nitrogens with zero attached hydrogens (tertiary/aromatic N) is 2. The third-order valence-electron chi connectivity index (χ3n) is 2.33. The molecule has 2 heterocycles. The van der Waals surface area contributed by atoms with Crippen molar-refractivity contribution < 1.29 is 0 Å². The molecule has 0 amide bonds. The van der Waals surface area contributed by atoms with Crippen molar-refractivity contribution in [2.24, 2.45) is 4.99 Å². The van der Waals surface area contributed by atoms with E-state index in [9.17, 15) is 0 Å². The van der Waals surface area contributed by atoms with E-state index in [2.05, 4.69) is 9.98 Å². The molecule has 3 rings (SSSR count). The zero-order chi connectivity index (χ0) is 11.1. The summed E-state index contributed by atoms with van der Waals surface area (Å²) in [6.07, 6.45) is 0. The zero-order valence-corrected chi connectivity index (χ0v) is 10.4. The van der Waals surface area contributed by atoms with E-state index in [0.29, 0.717) is 16.7 Å². The highest BCUT2D eigenvalue weighted by Gasteiger charge is 2.18. The standard InChI is InChI=1S/C11H6Cl2N2S/c12-8-5-16-10-9(13)6-3-1-2-4-7(6)14-11(10)15-8/h1-4H,5H2. The highest BCUT2D eigenvalue weighted by Crippen LogP contribution is 2.41. The summed E-state index contributed by atoms with van der Waals surface area (Å²) in [7, 11) is 0. The molecule has 0 N–H and O–H groups in total. The van der Waals surface area contributed by atoms with Crippen molar-refractivity contribution in [2.45, 2.75) is 4.90 Å². The predicted octanol–water partition coefficient (Wildman–Crippen LogP) is 4.26. The molecule has 1 aromatic heterocycles. The molecule has 1 aliphatic rings. The number of rotatable bonds is 0. The van der Waals surface area contributed by atoms with Gasteiger partial charge >= 0.3 is 0 Å². The molecule has 0 radical (unpaired) electrons. The molecule has 0 atom stereocenters. The monoisotopic (exact) mass is 268 g/mol. The van der Waals surface area contributed by atoms with E-state index < -0.39 is 0 Å². The molecule has 0 spiro atoms. The van der Waals surface area contributed by atoms with Gasteiger partial charge in [-0.3, -0.25) is 0 Å². The maximum atomic E-state index is 6.33. The van der Waals surface area contributed by atoms with E-state index in [1.807, 2.05) is 24.3 Å². The van der Waals surface area contributed by atoms with Crippen LogP contribution in [0.4, 0.5) is 5.82 Å². The van der Waals surface area contributed by atoms with Crippen LogP contribution in [0.1, 0.15) is 0 Å². The van der Waals surface area contributed by atoms with Crippen LogP contribution in [0.25, 0.3) is 10.9 Å². The average Bonchev–Trinajstić information content (AvgIpc) is 2.29. The Morgan fingerprint density at radius 3 is 2.88 bits per heavy atom. The molecular weight excluding hydrogens is 263 g/mol. The van der Waals surface area contributed by atoms with Gasteiger partial charge in [0.1, 0.15) is 5.17 Å². The molecule has 5 heteroatoms. The smallest absolute Gasteiger partial charge is 0.169 e. The minimum absolute atomic E-state index is 0.566. The Morgan fingerprint density at radius 2 is 2.00 bits per heavy atom. The molecule has 2 aromatic rings. The number of fused-ring (bicyclic) bond motifs is 2. The van der Waals surface area contributed by atoms with E-state index in [-0.39, 0.29) is 0 Å². The fourth-order valence-electron chi connectivity index (χ4n) is 1.62. The van der Waals surface area contributed by atoms with E-state index in [1.54, 1.807) is 11.8 Å². The number of hydrogen-bond donors (Lipinski definition) is 0. The van der Waals surface area contributed by atoms with Gasteiger partial charge in [-0.05, 0) is 6.07 Å². The number of pyridine rings is 1. The Kier molecular flexibility index (Phi) is 2.54. The van der Waals surface area contributed by atoms with Gasteiger partial charge in [-0.25, -0.2) is 9.98 Å². The van der Waals surface area contributed by atoms with Gasteiger partial charge in [0.25, 0.3) is 0 Å². The van der Waals surface area contributed by atoms with E-state index in [4.69, 9.17) is 23.2 Å². The molecule has 0 bridgehead atoms. The second-order valence-corrected chi connectivity index (χ2v) is 5.17. The summed E-state index contributed by atoms with van der Waals surface area (Å²) < 4.78 is 0. The van der Waals surface area contributed by atoms with Gasteiger partial charge in [-0.1, -0.05) is 41.4 Å². The van der Waals surface area contributed by atoms with Crippen LogP contribution < -0.4 is 0 Å². The van der Waals surface area contributed by atoms with Crippen molar-refractivity contribution in [1.82, 2.24) is 4.98 Å². The van der Waals surface area contributed by atoms with Gasteiger partial charge in [-0.2, -0.15) is 0 Å². The van der Waals surface area contributed by atoms with Crippen molar-refractivity contribution in [3.8, 4) is 0 Å². The van der Waals surface area contributed by atoms with Gasteiger partial charge in [0.2, 0.25) is 0 Å². The van der Waals surface area contributed by atoms with Crippen LogP contribution in [0.2, 0.25) is 5.02 Å². The first-order valence-electron chi connectivity index (χ1n) is 4.70. The van der Waals surface area contributed by atoms with Gasteiger partial charge < -0.3 is 0 Å². The number of benzene rings is 1. The second-order valence-electron chi connectivity index (χ2n) is 3.37. The Labute approximate surface area is 107 Å². The summed E-state index contributed by atoms with van der Waals surface area (Å²) in [5, 5.41) is 2.25. The number of halogens is 2. The lowest BCUT2D eigenvalue weighted by Gasteiger charge is -2.13. The fourth-order valence-corrected chi connectivity index (χ4v) is 3.06.